The summed E-state index contributed by atoms with van der Waals surface area (Å²) in [7, 11) is -3.68. The summed E-state index contributed by atoms with van der Waals surface area (Å²) in [6, 6.07) is 8.41. The summed E-state index contributed by atoms with van der Waals surface area (Å²) in [5.74, 6) is -2.51. The van der Waals surface area contributed by atoms with Gasteiger partial charge in [-0.15, -0.1) is 0 Å². The lowest BCUT2D eigenvalue weighted by Gasteiger charge is -2.22. The van der Waals surface area contributed by atoms with Crippen molar-refractivity contribution in [1.82, 2.24) is 4.72 Å². The number of carbonyl (C=O) groups is 1. The van der Waals surface area contributed by atoms with Crippen molar-refractivity contribution in [1.29, 1.82) is 0 Å². The van der Waals surface area contributed by atoms with Gasteiger partial charge in [-0.1, -0.05) is 25.3 Å². The average Bonchev–Trinajstić information content (AvgIpc) is 2.65. The van der Waals surface area contributed by atoms with Crippen LogP contribution in [0.2, 0.25) is 0 Å². The van der Waals surface area contributed by atoms with Crippen LogP contribution in [0, 0.1) is 11.6 Å². The lowest BCUT2D eigenvalue weighted by Crippen LogP contribution is -2.36. The molecule has 1 aliphatic rings. The molecule has 2 aromatic rings. The maximum atomic E-state index is 13.6. The quantitative estimate of drug-likeness (QED) is 0.809. The van der Waals surface area contributed by atoms with Crippen LogP contribution in [-0.2, 0) is 10.0 Å². The van der Waals surface area contributed by atoms with Crippen molar-refractivity contribution >= 4 is 21.6 Å². The zero-order valence-electron chi connectivity index (χ0n) is 14.5. The second kappa shape index (κ2) is 8.14. The van der Waals surface area contributed by atoms with E-state index in [0.29, 0.717) is 0 Å². The molecule has 0 aromatic heterocycles. The monoisotopic (exact) mass is 394 g/mol. The summed E-state index contributed by atoms with van der Waals surface area (Å²) in [6.07, 6.45) is 4.74. The van der Waals surface area contributed by atoms with Crippen LogP contribution in [0.15, 0.2) is 47.4 Å². The average molecular weight is 394 g/mol. The second-order valence-corrected chi connectivity index (χ2v) is 8.25. The molecule has 1 fully saturated rings. The summed E-state index contributed by atoms with van der Waals surface area (Å²) >= 11 is 0. The smallest absolute Gasteiger partial charge is 0.255 e. The van der Waals surface area contributed by atoms with Gasteiger partial charge in [0.2, 0.25) is 10.0 Å². The second-order valence-electron chi connectivity index (χ2n) is 6.53. The van der Waals surface area contributed by atoms with E-state index in [-0.39, 0.29) is 16.5 Å². The SMILES string of the molecule is O=C(Nc1c(F)cccc1F)c1ccc(S(=O)(=O)NC2CCCCC2)cc1. The molecule has 0 radical (unpaired) electrons. The van der Waals surface area contributed by atoms with E-state index in [1.807, 2.05) is 0 Å². The Hall–Kier alpha value is -2.32. The first-order valence-corrected chi connectivity index (χ1v) is 10.2. The third-order valence-corrected chi connectivity index (χ3v) is 6.09. The molecule has 0 saturated heterocycles. The van der Waals surface area contributed by atoms with Crippen LogP contribution in [-0.4, -0.2) is 20.4 Å². The first-order valence-electron chi connectivity index (χ1n) is 8.74. The van der Waals surface area contributed by atoms with Gasteiger partial charge in [-0.3, -0.25) is 4.79 Å². The van der Waals surface area contributed by atoms with Gasteiger partial charge in [-0.05, 0) is 49.2 Å². The minimum Gasteiger partial charge on any atom is -0.317 e. The lowest BCUT2D eigenvalue weighted by atomic mass is 9.96. The van der Waals surface area contributed by atoms with E-state index >= 15 is 0 Å². The Kier molecular flexibility index (Phi) is 5.86. The van der Waals surface area contributed by atoms with Gasteiger partial charge >= 0.3 is 0 Å². The molecule has 0 unspecified atom stereocenters. The summed E-state index contributed by atoms with van der Waals surface area (Å²) in [6.45, 7) is 0. The van der Waals surface area contributed by atoms with Crippen LogP contribution < -0.4 is 10.0 Å². The highest BCUT2D eigenvalue weighted by Gasteiger charge is 2.22. The van der Waals surface area contributed by atoms with Gasteiger partial charge in [-0.25, -0.2) is 21.9 Å². The lowest BCUT2D eigenvalue weighted by molar-refractivity contribution is 0.102. The third kappa shape index (κ3) is 4.70. The van der Waals surface area contributed by atoms with E-state index in [0.717, 1.165) is 44.2 Å². The van der Waals surface area contributed by atoms with Gasteiger partial charge in [0.15, 0.2) is 0 Å². The minimum absolute atomic E-state index is 0.0432. The van der Waals surface area contributed by atoms with Gasteiger partial charge in [0, 0.05) is 11.6 Å². The Morgan fingerprint density at radius 1 is 0.926 bits per heavy atom. The molecule has 0 spiro atoms. The molecule has 0 aliphatic heterocycles. The van der Waals surface area contributed by atoms with E-state index in [2.05, 4.69) is 10.0 Å². The highest BCUT2D eigenvalue weighted by Crippen LogP contribution is 2.21. The molecule has 2 N–H and O–H groups in total. The van der Waals surface area contributed by atoms with Crippen molar-refractivity contribution in [3.63, 3.8) is 0 Å². The highest BCUT2D eigenvalue weighted by molar-refractivity contribution is 7.89. The molecule has 5 nitrogen and oxygen atoms in total. The number of sulfonamides is 1. The standard InChI is InChI=1S/C19H20F2N2O3S/c20-16-7-4-8-17(21)18(16)22-19(24)13-9-11-15(12-10-13)27(25,26)23-14-5-2-1-3-6-14/h4,7-12,14,23H,1-3,5-6H2,(H,22,24). The number of amides is 1. The molecule has 144 valence electrons. The zero-order chi connectivity index (χ0) is 19.4. The summed E-state index contributed by atoms with van der Waals surface area (Å²) in [5.41, 5.74) is -0.451. The van der Waals surface area contributed by atoms with Crippen molar-refractivity contribution in [2.75, 3.05) is 5.32 Å². The predicted octanol–water partition coefficient (Wildman–Crippen LogP) is 3.83. The number of hydrogen-bond acceptors (Lipinski definition) is 3. The predicted molar refractivity (Wildman–Crippen MR) is 97.9 cm³/mol. The number of anilines is 1. The summed E-state index contributed by atoms with van der Waals surface area (Å²) in [5, 5.41) is 2.16. The number of benzene rings is 2. The van der Waals surface area contributed by atoms with Crippen molar-refractivity contribution in [3.05, 3.63) is 59.7 Å². The van der Waals surface area contributed by atoms with Gasteiger partial charge < -0.3 is 5.32 Å². The van der Waals surface area contributed by atoms with E-state index in [4.69, 9.17) is 0 Å². The maximum absolute atomic E-state index is 13.6. The van der Waals surface area contributed by atoms with Crippen LogP contribution in [0.4, 0.5) is 14.5 Å². The van der Waals surface area contributed by atoms with Crippen molar-refractivity contribution in [3.8, 4) is 0 Å². The van der Waals surface area contributed by atoms with Gasteiger partial charge in [0.25, 0.3) is 5.91 Å². The van der Waals surface area contributed by atoms with Crippen LogP contribution in [0.5, 0.6) is 0 Å². The molecule has 0 bridgehead atoms. The minimum atomic E-state index is -3.68. The normalized spacial score (nSPS) is 15.5. The summed E-state index contributed by atoms with van der Waals surface area (Å²) < 4.78 is 54.8. The molecule has 2 aromatic carbocycles. The first kappa shape index (κ1) is 19.4. The Bertz CT molecular complexity index is 904. The van der Waals surface area contributed by atoms with Crippen LogP contribution in [0.1, 0.15) is 42.5 Å². The number of nitrogens with one attached hydrogen (secondary N) is 2. The Balaban J connectivity index is 1.71. The summed E-state index contributed by atoms with van der Waals surface area (Å²) in [4.78, 5) is 12.2. The van der Waals surface area contributed by atoms with Gasteiger partial charge in [0.05, 0.1) is 4.90 Å². The fraction of sp³-hybridized carbons (Fsp3) is 0.316. The number of hydrogen-bond donors (Lipinski definition) is 2. The largest absolute Gasteiger partial charge is 0.317 e. The van der Waals surface area contributed by atoms with Gasteiger partial charge in [0.1, 0.15) is 17.3 Å². The molecule has 1 aliphatic carbocycles. The van der Waals surface area contributed by atoms with Gasteiger partial charge in [-0.2, -0.15) is 0 Å². The third-order valence-electron chi connectivity index (χ3n) is 4.56. The van der Waals surface area contributed by atoms with Crippen LogP contribution >= 0.6 is 0 Å². The Labute approximate surface area is 156 Å². The van der Waals surface area contributed by atoms with E-state index in [1.165, 1.54) is 30.3 Å². The first-order chi connectivity index (χ1) is 12.9. The van der Waals surface area contributed by atoms with E-state index in [1.54, 1.807) is 0 Å². The van der Waals surface area contributed by atoms with E-state index in [9.17, 15) is 22.0 Å². The van der Waals surface area contributed by atoms with Crippen LogP contribution in [0.3, 0.4) is 0 Å². The highest BCUT2D eigenvalue weighted by atomic mass is 32.2. The fourth-order valence-electron chi connectivity index (χ4n) is 3.10. The molecule has 27 heavy (non-hydrogen) atoms. The molecule has 0 heterocycles. The maximum Gasteiger partial charge on any atom is 0.255 e. The molecular weight excluding hydrogens is 374 g/mol. The zero-order valence-corrected chi connectivity index (χ0v) is 15.4. The molecular formula is C19H20F2N2O3S. The van der Waals surface area contributed by atoms with Crippen molar-refractivity contribution < 1.29 is 22.0 Å². The molecule has 8 heteroatoms. The Morgan fingerprint density at radius 2 is 1.52 bits per heavy atom. The topological polar surface area (TPSA) is 75.3 Å². The van der Waals surface area contributed by atoms with Crippen molar-refractivity contribution in [2.45, 2.75) is 43.0 Å². The number of rotatable bonds is 5. The Morgan fingerprint density at radius 3 is 2.11 bits per heavy atom. The van der Waals surface area contributed by atoms with Crippen LogP contribution in [0.25, 0.3) is 0 Å². The number of halogens is 2. The molecule has 1 amide bonds. The molecule has 0 atom stereocenters. The number of para-hydroxylation sites is 1. The molecule has 1 saturated carbocycles. The fourth-order valence-corrected chi connectivity index (χ4v) is 4.40. The number of carbonyl (C=O) groups excluding carboxylic acids is 1. The van der Waals surface area contributed by atoms with E-state index < -0.39 is 33.3 Å². The molecule has 3 rings (SSSR count). The van der Waals surface area contributed by atoms with Crippen molar-refractivity contribution in [2.24, 2.45) is 0 Å².